The number of hydrogen-bond donors (Lipinski definition) is 1. The van der Waals surface area contributed by atoms with Gasteiger partial charge in [-0.1, -0.05) is 6.92 Å². The third-order valence-corrected chi connectivity index (χ3v) is 4.72. The number of nitrogens with zero attached hydrogens (tertiary/aromatic N) is 2. The van der Waals surface area contributed by atoms with Crippen LogP contribution in [0.15, 0.2) is 0 Å². The average molecular weight is 356 g/mol. The van der Waals surface area contributed by atoms with E-state index in [1.54, 1.807) is 0 Å². The number of rotatable bonds is 4. The zero-order valence-electron chi connectivity index (χ0n) is 13.7. The second-order valence-electron chi connectivity index (χ2n) is 6.33. The molecule has 2 saturated heterocycles. The van der Waals surface area contributed by atoms with Gasteiger partial charge in [0.05, 0.1) is 19.1 Å². The highest BCUT2D eigenvalue weighted by Crippen LogP contribution is 2.20. The fraction of sp³-hybridized carbons (Fsp3) is 0.933. The van der Waals surface area contributed by atoms with Crippen LogP contribution in [-0.4, -0.2) is 67.7 Å². The lowest BCUT2D eigenvalue weighted by molar-refractivity contribution is -0.137. The highest BCUT2D eigenvalue weighted by Gasteiger charge is 2.28. The van der Waals surface area contributed by atoms with Gasteiger partial charge in [-0.05, 0) is 25.7 Å². The molecular formula is C15H31Cl2N3O2. The van der Waals surface area contributed by atoms with Crippen molar-refractivity contribution in [3.05, 3.63) is 0 Å². The number of piperidine rings is 1. The van der Waals surface area contributed by atoms with Crippen LogP contribution in [0.5, 0.6) is 0 Å². The predicted octanol–water partition coefficient (Wildman–Crippen LogP) is 1.38. The maximum atomic E-state index is 12.3. The first-order chi connectivity index (χ1) is 9.58. The van der Waals surface area contributed by atoms with Gasteiger partial charge in [-0.3, -0.25) is 9.69 Å². The molecule has 2 rings (SSSR count). The van der Waals surface area contributed by atoms with E-state index in [9.17, 15) is 4.79 Å². The minimum absolute atomic E-state index is 0. The molecule has 22 heavy (non-hydrogen) atoms. The lowest BCUT2D eigenvalue weighted by Crippen LogP contribution is -2.47. The molecule has 2 N–H and O–H groups in total. The highest BCUT2D eigenvalue weighted by molar-refractivity contribution is 5.85. The smallest absolute Gasteiger partial charge is 0.226 e. The molecule has 0 aromatic carbocycles. The molecule has 5 nitrogen and oxygen atoms in total. The van der Waals surface area contributed by atoms with E-state index < -0.39 is 0 Å². The van der Waals surface area contributed by atoms with Crippen molar-refractivity contribution in [2.24, 2.45) is 17.6 Å². The van der Waals surface area contributed by atoms with Crippen LogP contribution in [0, 0.1) is 11.8 Å². The fourth-order valence-electron chi connectivity index (χ4n) is 3.00. The Morgan fingerprint density at radius 2 is 1.68 bits per heavy atom. The van der Waals surface area contributed by atoms with Crippen molar-refractivity contribution in [3.8, 4) is 0 Å². The Hall–Kier alpha value is -0.0700. The quantitative estimate of drug-likeness (QED) is 0.827. The van der Waals surface area contributed by atoms with Crippen molar-refractivity contribution in [1.29, 1.82) is 0 Å². The van der Waals surface area contributed by atoms with Gasteiger partial charge in [0.1, 0.15) is 0 Å². The van der Waals surface area contributed by atoms with Crippen LogP contribution in [-0.2, 0) is 9.53 Å². The molecule has 0 aromatic heterocycles. The molecular weight excluding hydrogens is 325 g/mol. The first-order valence-corrected chi connectivity index (χ1v) is 7.92. The summed E-state index contributed by atoms with van der Waals surface area (Å²) in [7, 11) is 0. The van der Waals surface area contributed by atoms with Crippen molar-refractivity contribution >= 4 is 30.7 Å². The largest absolute Gasteiger partial charge is 0.379 e. The lowest BCUT2D eigenvalue weighted by Gasteiger charge is -2.37. The standard InChI is InChI=1S/C15H29N3O2.2ClH/c1-12(13(2)16)15(19)18-5-3-14(4-6-18)11-17-7-9-20-10-8-17;;/h12-14H,3-11,16H2,1-2H3;2*1H. The Labute approximate surface area is 146 Å². The molecule has 2 aliphatic rings. The summed E-state index contributed by atoms with van der Waals surface area (Å²) >= 11 is 0. The normalized spacial score (nSPS) is 23.1. The molecule has 0 saturated carbocycles. The summed E-state index contributed by atoms with van der Waals surface area (Å²) in [6.45, 7) is 10.6. The van der Waals surface area contributed by atoms with E-state index in [0.29, 0.717) is 0 Å². The van der Waals surface area contributed by atoms with Crippen LogP contribution in [0.2, 0.25) is 0 Å². The summed E-state index contributed by atoms with van der Waals surface area (Å²) in [5.41, 5.74) is 5.83. The topological polar surface area (TPSA) is 58.8 Å². The second-order valence-corrected chi connectivity index (χ2v) is 6.33. The Morgan fingerprint density at radius 3 is 2.18 bits per heavy atom. The maximum Gasteiger partial charge on any atom is 0.226 e. The zero-order chi connectivity index (χ0) is 14.5. The lowest BCUT2D eigenvalue weighted by atomic mass is 9.94. The minimum Gasteiger partial charge on any atom is -0.379 e. The number of carbonyl (C=O) groups is 1. The minimum atomic E-state index is -0.0641. The van der Waals surface area contributed by atoms with Gasteiger partial charge in [0.25, 0.3) is 0 Å². The van der Waals surface area contributed by atoms with Gasteiger partial charge in [-0.25, -0.2) is 0 Å². The average Bonchev–Trinajstić information content (AvgIpc) is 2.47. The number of morpholine rings is 1. The molecule has 132 valence electrons. The van der Waals surface area contributed by atoms with Crippen molar-refractivity contribution in [2.75, 3.05) is 45.9 Å². The van der Waals surface area contributed by atoms with Crippen LogP contribution < -0.4 is 5.73 Å². The SMILES string of the molecule is CC(N)C(C)C(=O)N1CCC(CN2CCOCC2)CC1.Cl.Cl. The summed E-state index contributed by atoms with van der Waals surface area (Å²) < 4.78 is 5.38. The Morgan fingerprint density at radius 1 is 1.14 bits per heavy atom. The van der Waals surface area contributed by atoms with Crippen LogP contribution in [0.4, 0.5) is 0 Å². The molecule has 0 aliphatic carbocycles. The van der Waals surface area contributed by atoms with Crippen molar-refractivity contribution < 1.29 is 9.53 Å². The molecule has 2 heterocycles. The Bertz CT molecular complexity index is 318. The number of halogens is 2. The molecule has 0 aromatic rings. The van der Waals surface area contributed by atoms with Crippen LogP contribution in [0.25, 0.3) is 0 Å². The van der Waals surface area contributed by atoms with Gasteiger partial charge in [-0.2, -0.15) is 0 Å². The fourth-order valence-corrected chi connectivity index (χ4v) is 3.00. The van der Waals surface area contributed by atoms with E-state index in [1.165, 1.54) is 0 Å². The number of ether oxygens (including phenoxy) is 1. The van der Waals surface area contributed by atoms with E-state index in [0.717, 1.165) is 64.7 Å². The number of carbonyl (C=O) groups excluding carboxylic acids is 1. The van der Waals surface area contributed by atoms with Crippen LogP contribution in [0.3, 0.4) is 0 Å². The Balaban J connectivity index is 0.00000220. The van der Waals surface area contributed by atoms with E-state index >= 15 is 0 Å². The summed E-state index contributed by atoms with van der Waals surface area (Å²) in [6.07, 6.45) is 2.24. The van der Waals surface area contributed by atoms with E-state index in [4.69, 9.17) is 10.5 Å². The first kappa shape index (κ1) is 21.9. The van der Waals surface area contributed by atoms with Crippen molar-refractivity contribution in [1.82, 2.24) is 9.80 Å². The van der Waals surface area contributed by atoms with Gasteiger partial charge in [0.15, 0.2) is 0 Å². The predicted molar refractivity (Wildman–Crippen MR) is 93.9 cm³/mol. The van der Waals surface area contributed by atoms with E-state index in [-0.39, 0.29) is 42.7 Å². The zero-order valence-corrected chi connectivity index (χ0v) is 15.3. The molecule has 7 heteroatoms. The Kier molecular flexibility index (Phi) is 10.6. The highest BCUT2D eigenvalue weighted by atomic mass is 35.5. The van der Waals surface area contributed by atoms with Crippen LogP contribution in [0.1, 0.15) is 26.7 Å². The molecule has 0 radical (unpaired) electrons. The number of likely N-dealkylation sites (tertiary alicyclic amines) is 1. The molecule has 0 spiro atoms. The summed E-state index contributed by atoms with van der Waals surface area (Å²) in [5.74, 6) is 0.887. The van der Waals surface area contributed by atoms with E-state index in [2.05, 4.69) is 4.90 Å². The molecule has 2 aliphatic heterocycles. The molecule has 2 unspecified atom stereocenters. The molecule has 2 atom stereocenters. The van der Waals surface area contributed by atoms with Gasteiger partial charge in [0, 0.05) is 38.8 Å². The molecule has 2 fully saturated rings. The summed E-state index contributed by atoms with van der Waals surface area (Å²) in [4.78, 5) is 16.8. The van der Waals surface area contributed by atoms with Crippen molar-refractivity contribution in [2.45, 2.75) is 32.7 Å². The summed E-state index contributed by atoms with van der Waals surface area (Å²) in [6, 6.07) is -0.0615. The maximum absolute atomic E-state index is 12.3. The van der Waals surface area contributed by atoms with Gasteiger partial charge >= 0.3 is 0 Å². The number of hydrogen-bond acceptors (Lipinski definition) is 4. The number of nitrogens with two attached hydrogens (primary N) is 1. The molecule has 0 bridgehead atoms. The third kappa shape index (κ3) is 6.20. The van der Waals surface area contributed by atoms with Gasteiger partial charge in [-0.15, -0.1) is 24.8 Å². The molecule has 1 amide bonds. The third-order valence-electron chi connectivity index (χ3n) is 4.72. The van der Waals surface area contributed by atoms with Crippen LogP contribution >= 0.6 is 24.8 Å². The second kappa shape index (κ2) is 10.7. The van der Waals surface area contributed by atoms with E-state index in [1.807, 2.05) is 18.7 Å². The van der Waals surface area contributed by atoms with Gasteiger partial charge in [0.2, 0.25) is 5.91 Å². The van der Waals surface area contributed by atoms with Gasteiger partial charge < -0.3 is 15.4 Å². The van der Waals surface area contributed by atoms with Crippen molar-refractivity contribution in [3.63, 3.8) is 0 Å². The number of amides is 1. The monoisotopic (exact) mass is 355 g/mol. The summed E-state index contributed by atoms with van der Waals surface area (Å²) in [5, 5.41) is 0. The first-order valence-electron chi connectivity index (χ1n) is 7.92.